The van der Waals surface area contributed by atoms with Gasteiger partial charge in [-0.25, -0.2) is 4.39 Å². The highest BCUT2D eigenvalue weighted by molar-refractivity contribution is 9.10. The third-order valence-electron chi connectivity index (χ3n) is 5.57. The average molecular weight is 607 g/mol. The van der Waals surface area contributed by atoms with Gasteiger partial charge < -0.3 is 18.9 Å². The van der Waals surface area contributed by atoms with Gasteiger partial charge >= 0.3 is 0 Å². The van der Waals surface area contributed by atoms with Crippen LogP contribution in [0.2, 0.25) is 5.02 Å². The Hall–Kier alpha value is -3.21. The maximum atomic E-state index is 13.5. The number of rotatable bonds is 7. The Kier molecular flexibility index (Phi) is 7.32. The van der Waals surface area contributed by atoms with E-state index in [9.17, 15) is 14.0 Å². The molecular formula is C26H18BrClFNO6S. The van der Waals surface area contributed by atoms with Gasteiger partial charge in [0.25, 0.3) is 11.1 Å². The topological polar surface area (TPSA) is 74.3 Å². The summed E-state index contributed by atoms with van der Waals surface area (Å²) in [7, 11) is 1.49. The molecule has 0 saturated carbocycles. The largest absolute Gasteiger partial charge is 0.493 e. The number of ether oxygens (including phenoxy) is 4. The van der Waals surface area contributed by atoms with Crippen LogP contribution in [0, 0.1) is 5.82 Å². The standard InChI is InChI=1S/C26H18BrClFNO6S/c1-33-22-7-15(6-18(27)24(22)34-12-14-3-2-4-17(29)5-14)8-23-25(31)30(26(32)37-23)11-16-9-20-21(10-19(16)28)36-13-35-20/h2-10H,11-13H2,1H3/b23-8-. The van der Waals surface area contributed by atoms with Crippen molar-refractivity contribution in [3.63, 3.8) is 0 Å². The molecule has 0 aliphatic carbocycles. The van der Waals surface area contributed by atoms with Crippen LogP contribution in [0.4, 0.5) is 9.18 Å². The number of imide groups is 1. The predicted octanol–water partition coefficient (Wildman–Crippen LogP) is 6.79. The summed E-state index contributed by atoms with van der Waals surface area (Å²) >= 11 is 10.6. The fourth-order valence-electron chi connectivity index (χ4n) is 3.78. The van der Waals surface area contributed by atoms with E-state index in [-0.39, 0.29) is 30.7 Å². The number of hydrogen-bond acceptors (Lipinski definition) is 7. The fraction of sp³-hybridized carbons (Fsp3) is 0.154. The van der Waals surface area contributed by atoms with Gasteiger partial charge in [0.1, 0.15) is 12.4 Å². The van der Waals surface area contributed by atoms with Crippen molar-refractivity contribution in [1.29, 1.82) is 0 Å². The molecule has 0 aromatic heterocycles. The van der Waals surface area contributed by atoms with Gasteiger partial charge in [-0.15, -0.1) is 0 Å². The fourth-order valence-corrected chi connectivity index (χ4v) is 5.41. The molecule has 11 heteroatoms. The molecule has 2 heterocycles. The summed E-state index contributed by atoms with van der Waals surface area (Å²) in [4.78, 5) is 27.1. The monoisotopic (exact) mass is 605 g/mol. The number of hydrogen-bond donors (Lipinski definition) is 0. The highest BCUT2D eigenvalue weighted by atomic mass is 79.9. The molecule has 0 spiro atoms. The molecule has 0 unspecified atom stereocenters. The van der Waals surface area contributed by atoms with E-state index in [0.29, 0.717) is 49.2 Å². The number of amides is 2. The van der Waals surface area contributed by atoms with Crippen molar-refractivity contribution >= 4 is 56.5 Å². The molecule has 0 N–H and O–H groups in total. The maximum absolute atomic E-state index is 13.5. The molecule has 2 amide bonds. The van der Waals surface area contributed by atoms with Gasteiger partial charge in [0.05, 0.1) is 23.0 Å². The Morgan fingerprint density at radius 3 is 2.70 bits per heavy atom. The molecule has 1 fully saturated rings. The van der Waals surface area contributed by atoms with Crippen molar-refractivity contribution in [1.82, 2.24) is 4.90 Å². The zero-order valence-electron chi connectivity index (χ0n) is 19.3. The van der Waals surface area contributed by atoms with Crippen LogP contribution < -0.4 is 18.9 Å². The van der Waals surface area contributed by atoms with Crippen molar-refractivity contribution < 1.29 is 32.9 Å². The molecule has 0 bridgehead atoms. The normalized spacial score (nSPS) is 15.6. The Morgan fingerprint density at radius 2 is 1.95 bits per heavy atom. The van der Waals surface area contributed by atoms with Crippen LogP contribution in [0.1, 0.15) is 16.7 Å². The summed E-state index contributed by atoms with van der Waals surface area (Å²) in [6.07, 6.45) is 1.61. The van der Waals surface area contributed by atoms with Gasteiger partial charge in [0.2, 0.25) is 6.79 Å². The summed E-state index contributed by atoms with van der Waals surface area (Å²) in [5.74, 6) is 1.07. The highest BCUT2D eigenvalue weighted by Crippen LogP contribution is 2.41. The molecule has 3 aromatic rings. The minimum atomic E-state index is -0.440. The first-order valence-electron chi connectivity index (χ1n) is 10.9. The lowest BCUT2D eigenvalue weighted by atomic mass is 10.1. The zero-order chi connectivity index (χ0) is 26.1. The number of carbonyl (C=O) groups excluding carboxylic acids is 2. The Balaban J connectivity index is 1.34. The smallest absolute Gasteiger partial charge is 0.293 e. The minimum absolute atomic E-state index is 0.00263. The summed E-state index contributed by atoms with van der Waals surface area (Å²) in [6.45, 7) is 0.220. The molecule has 190 valence electrons. The van der Waals surface area contributed by atoms with E-state index < -0.39 is 11.1 Å². The van der Waals surface area contributed by atoms with Gasteiger partial charge in [-0.2, -0.15) is 0 Å². The lowest BCUT2D eigenvalue weighted by Crippen LogP contribution is -2.27. The number of carbonyl (C=O) groups is 2. The van der Waals surface area contributed by atoms with E-state index in [1.54, 1.807) is 42.5 Å². The van der Waals surface area contributed by atoms with Crippen LogP contribution in [-0.4, -0.2) is 29.9 Å². The maximum Gasteiger partial charge on any atom is 0.293 e. The number of nitrogens with zero attached hydrogens (tertiary/aromatic N) is 1. The number of thioether (sulfide) groups is 1. The zero-order valence-corrected chi connectivity index (χ0v) is 22.4. The van der Waals surface area contributed by atoms with Gasteiger partial charge in [-0.1, -0.05) is 23.7 Å². The molecular weight excluding hydrogens is 589 g/mol. The first-order valence-corrected chi connectivity index (χ1v) is 12.9. The number of benzene rings is 3. The predicted molar refractivity (Wildman–Crippen MR) is 141 cm³/mol. The summed E-state index contributed by atoms with van der Waals surface area (Å²) in [5.41, 5.74) is 1.85. The van der Waals surface area contributed by atoms with Gasteiger partial charge in [0, 0.05) is 11.1 Å². The van der Waals surface area contributed by atoms with Crippen molar-refractivity contribution in [2.24, 2.45) is 0 Å². The quantitative estimate of drug-likeness (QED) is 0.274. The van der Waals surface area contributed by atoms with Crippen molar-refractivity contribution in [2.75, 3.05) is 13.9 Å². The summed E-state index contributed by atoms with van der Waals surface area (Å²) in [5, 5.41) is -0.0409. The Bertz CT molecular complexity index is 1450. The molecule has 0 atom stereocenters. The van der Waals surface area contributed by atoms with Crippen LogP contribution in [0.5, 0.6) is 23.0 Å². The summed E-state index contributed by atoms with van der Waals surface area (Å²) < 4.78 is 36.1. The molecule has 5 rings (SSSR count). The van der Waals surface area contributed by atoms with E-state index in [1.807, 2.05) is 0 Å². The van der Waals surface area contributed by atoms with Crippen molar-refractivity contribution in [2.45, 2.75) is 13.2 Å². The van der Waals surface area contributed by atoms with E-state index in [1.165, 1.54) is 19.2 Å². The SMILES string of the molecule is COc1cc(/C=C2\SC(=O)N(Cc3cc4c(cc3Cl)OCO4)C2=O)cc(Br)c1OCc1cccc(F)c1. The van der Waals surface area contributed by atoms with Crippen molar-refractivity contribution in [3.8, 4) is 23.0 Å². The molecule has 3 aromatic carbocycles. The summed E-state index contributed by atoms with van der Waals surface area (Å²) in [6, 6.07) is 12.8. The molecule has 37 heavy (non-hydrogen) atoms. The third kappa shape index (κ3) is 5.41. The molecule has 2 aliphatic heterocycles. The molecule has 7 nitrogen and oxygen atoms in total. The Morgan fingerprint density at radius 1 is 1.16 bits per heavy atom. The molecule has 0 radical (unpaired) electrons. The van der Waals surface area contributed by atoms with Crippen LogP contribution in [0.15, 0.2) is 57.9 Å². The van der Waals surface area contributed by atoms with Gasteiger partial charge in [-0.3, -0.25) is 14.5 Å². The number of halogens is 3. The second-order valence-electron chi connectivity index (χ2n) is 8.02. The average Bonchev–Trinajstić information content (AvgIpc) is 3.42. The van der Waals surface area contributed by atoms with E-state index in [2.05, 4.69) is 15.9 Å². The molecule has 2 aliphatic rings. The highest BCUT2D eigenvalue weighted by Gasteiger charge is 2.36. The second kappa shape index (κ2) is 10.6. The van der Waals surface area contributed by atoms with Crippen LogP contribution >= 0.6 is 39.3 Å². The van der Waals surface area contributed by atoms with Crippen LogP contribution in [-0.2, 0) is 17.9 Å². The lowest BCUT2D eigenvalue weighted by Gasteiger charge is -2.14. The van der Waals surface area contributed by atoms with E-state index in [0.717, 1.165) is 16.7 Å². The van der Waals surface area contributed by atoms with Crippen molar-refractivity contribution in [3.05, 3.63) is 85.4 Å². The number of fused-ring (bicyclic) bond motifs is 1. The van der Waals surface area contributed by atoms with Gasteiger partial charge in [0.15, 0.2) is 23.0 Å². The van der Waals surface area contributed by atoms with E-state index in [4.69, 9.17) is 30.5 Å². The lowest BCUT2D eigenvalue weighted by molar-refractivity contribution is -0.123. The third-order valence-corrected chi connectivity index (χ3v) is 7.41. The molecule has 1 saturated heterocycles. The first-order chi connectivity index (χ1) is 17.8. The van der Waals surface area contributed by atoms with Gasteiger partial charge in [-0.05, 0) is 80.8 Å². The number of methoxy groups -OCH3 is 1. The Labute approximate surface area is 229 Å². The second-order valence-corrected chi connectivity index (χ2v) is 10.3. The van der Waals surface area contributed by atoms with Crippen LogP contribution in [0.25, 0.3) is 6.08 Å². The van der Waals surface area contributed by atoms with E-state index >= 15 is 0 Å². The first kappa shape index (κ1) is 25.4. The van der Waals surface area contributed by atoms with Crippen LogP contribution in [0.3, 0.4) is 0 Å². The minimum Gasteiger partial charge on any atom is -0.493 e.